The molecule has 1 rings (SSSR count). The molecule has 0 heterocycles. The summed E-state index contributed by atoms with van der Waals surface area (Å²) in [7, 11) is 0. The second kappa shape index (κ2) is 5.87. The van der Waals surface area contributed by atoms with Gasteiger partial charge in [-0.15, -0.1) is 11.6 Å². The van der Waals surface area contributed by atoms with Crippen LogP contribution in [0, 0.1) is 6.92 Å². The average Bonchev–Trinajstić information content (AvgIpc) is 2.25. The van der Waals surface area contributed by atoms with Crippen molar-refractivity contribution in [2.45, 2.75) is 25.9 Å². The summed E-state index contributed by atoms with van der Waals surface area (Å²) in [4.78, 5) is 10.6. The van der Waals surface area contributed by atoms with Crippen molar-refractivity contribution in [3.05, 3.63) is 34.9 Å². The number of carboxylic acids is 1. The van der Waals surface area contributed by atoms with E-state index in [0.717, 1.165) is 24.0 Å². The van der Waals surface area contributed by atoms with Crippen LogP contribution in [0.15, 0.2) is 18.2 Å². The highest BCUT2D eigenvalue weighted by molar-refractivity contribution is 6.17. The van der Waals surface area contributed by atoms with E-state index in [1.54, 1.807) is 13.0 Å². The minimum atomic E-state index is -1.44. The van der Waals surface area contributed by atoms with E-state index in [1.165, 1.54) is 0 Å². The zero-order valence-corrected chi connectivity index (χ0v) is 9.87. The lowest BCUT2D eigenvalue weighted by molar-refractivity contribution is -0.147. The van der Waals surface area contributed by atoms with Crippen molar-refractivity contribution in [2.24, 2.45) is 0 Å². The molecule has 0 aromatic heterocycles. The molecule has 0 radical (unpaired) electrons. The quantitative estimate of drug-likeness (QED) is 0.779. The number of alkyl halides is 1. The number of carbonyl (C=O) groups is 1. The highest BCUT2D eigenvalue weighted by Gasteiger charge is 2.17. The standard InChI is InChI=1S/C12H15ClO3/c1-8-7-9(3-2-6-13)4-5-10(8)11(14)12(15)16/h4-5,7,11,14H,2-3,6H2,1H3,(H,15,16). The van der Waals surface area contributed by atoms with Gasteiger partial charge in [0.25, 0.3) is 0 Å². The number of rotatable bonds is 5. The number of aryl methyl sites for hydroxylation is 2. The summed E-state index contributed by atoms with van der Waals surface area (Å²) in [6.45, 7) is 1.80. The highest BCUT2D eigenvalue weighted by Crippen LogP contribution is 2.20. The summed E-state index contributed by atoms with van der Waals surface area (Å²) in [5, 5.41) is 18.1. The van der Waals surface area contributed by atoms with Gasteiger partial charge in [-0.25, -0.2) is 4.79 Å². The number of hydrogen-bond donors (Lipinski definition) is 2. The maximum absolute atomic E-state index is 10.6. The smallest absolute Gasteiger partial charge is 0.337 e. The molecular formula is C12H15ClO3. The van der Waals surface area contributed by atoms with Gasteiger partial charge in [0.15, 0.2) is 6.10 Å². The maximum Gasteiger partial charge on any atom is 0.337 e. The van der Waals surface area contributed by atoms with Crippen LogP contribution in [0.5, 0.6) is 0 Å². The highest BCUT2D eigenvalue weighted by atomic mass is 35.5. The molecule has 4 heteroatoms. The van der Waals surface area contributed by atoms with E-state index in [-0.39, 0.29) is 0 Å². The largest absolute Gasteiger partial charge is 0.479 e. The van der Waals surface area contributed by atoms with Crippen LogP contribution in [0.1, 0.15) is 29.2 Å². The van der Waals surface area contributed by atoms with Crippen LogP contribution >= 0.6 is 11.6 Å². The van der Waals surface area contributed by atoms with E-state index in [1.807, 2.05) is 12.1 Å². The molecule has 0 spiro atoms. The Kier molecular flexibility index (Phi) is 4.77. The lowest BCUT2D eigenvalue weighted by atomic mass is 9.99. The average molecular weight is 243 g/mol. The Morgan fingerprint density at radius 1 is 1.50 bits per heavy atom. The molecule has 88 valence electrons. The van der Waals surface area contributed by atoms with Gasteiger partial charge in [-0.1, -0.05) is 18.2 Å². The minimum Gasteiger partial charge on any atom is -0.479 e. The van der Waals surface area contributed by atoms with Crippen LogP contribution in [0.25, 0.3) is 0 Å². The summed E-state index contributed by atoms with van der Waals surface area (Å²) in [5.74, 6) is -0.616. The van der Waals surface area contributed by atoms with E-state index in [0.29, 0.717) is 11.4 Å². The van der Waals surface area contributed by atoms with E-state index in [9.17, 15) is 9.90 Å². The first-order valence-electron chi connectivity index (χ1n) is 5.12. The van der Waals surface area contributed by atoms with Gasteiger partial charge < -0.3 is 10.2 Å². The fourth-order valence-corrected chi connectivity index (χ4v) is 1.74. The molecule has 0 fully saturated rings. The topological polar surface area (TPSA) is 57.5 Å². The lowest BCUT2D eigenvalue weighted by Gasteiger charge is -2.11. The summed E-state index contributed by atoms with van der Waals surface area (Å²) >= 11 is 5.60. The summed E-state index contributed by atoms with van der Waals surface area (Å²) in [5.41, 5.74) is 2.35. The number of carboxylic acid groups (broad SMARTS) is 1. The molecule has 0 aliphatic rings. The predicted molar refractivity (Wildman–Crippen MR) is 62.8 cm³/mol. The van der Waals surface area contributed by atoms with Crippen LogP contribution in [-0.2, 0) is 11.2 Å². The zero-order chi connectivity index (χ0) is 12.1. The van der Waals surface area contributed by atoms with Gasteiger partial charge in [0, 0.05) is 5.88 Å². The summed E-state index contributed by atoms with van der Waals surface area (Å²) < 4.78 is 0. The van der Waals surface area contributed by atoms with Crippen LogP contribution in [-0.4, -0.2) is 22.1 Å². The molecule has 2 N–H and O–H groups in total. The van der Waals surface area contributed by atoms with E-state index >= 15 is 0 Å². The molecule has 1 aromatic carbocycles. The molecule has 3 nitrogen and oxygen atoms in total. The van der Waals surface area contributed by atoms with Gasteiger partial charge in [0.2, 0.25) is 0 Å². The zero-order valence-electron chi connectivity index (χ0n) is 9.11. The molecule has 0 aliphatic carbocycles. The van der Waals surface area contributed by atoms with Gasteiger partial charge in [0.1, 0.15) is 0 Å². The number of hydrogen-bond acceptors (Lipinski definition) is 2. The summed E-state index contributed by atoms with van der Waals surface area (Å²) in [6, 6.07) is 5.40. The van der Waals surface area contributed by atoms with Gasteiger partial charge in [-0.05, 0) is 36.5 Å². The molecule has 1 atom stereocenters. The van der Waals surface area contributed by atoms with Gasteiger partial charge in [-0.2, -0.15) is 0 Å². The van der Waals surface area contributed by atoms with Crippen molar-refractivity contribution in [2.75, 3.05) is 5.88 Å². The number of aliphatic carboxylic acids is 1. The molecule has 0 saturated heterocycles. The van der Waals surface area contributed by atoms with Gasteiger partial charge in [-0.3, -0.25) is 0 Å². The number of halogens is 1. The normalized spacial score (nSPS) is 12.4. The molecular weight excluding hydrogens is 228 g/mol. The Morgan fingerprint density at radius 2 is 2.19 bits per heavy atom. The first-order chi connectivity index (χ1) is 7.56. The molecule has 0 amide bonds. The lowest BCUT2D eigenvalue weighted by Crippen LogP contribution is -2.12. The molecule has 0 saturated carbocycles. The molecule has 16 heavy (non-hydrogen) atoms. The van der Waals surface area contributed by atoms with Crippen molar-refractivity contribution in [1.29, 1.82) is 0 Å². The Hall–Kier alpha value is -1.06. The molecule has 1 aromatic rings. The number of aliphatic hydroxyl groups excluding tert-OH is 1. The van der Waals surface area contributed by atoms with Gasteiger partial charge >= 0.3 is 5.97 Å². The SMILES string of the molecule is Cc1cc(CCCCl)ccc1C(O)C(=O)O. The molecule has 0 bridgehead atoms. The Labute approximate surface area is 99.7 Å². The second-order valence-electron chi connectivity index (χ2n) is 3.72. The number of aliphatic hydroxyl groups is 1. The third kappa shape index (κ3) is 3.22. The fourth-order valence-electron chi connectivity index (χ4n) is 1.60. The van der Waals surface area contributed by atoms with Crippen molar-refractivity contribution in [3.63, 3.8) is 0 Å². The first-order valence-corrected chi connectivity index (χ1v) is 5.66. The van der Waals surface area contributed by atoms with Crippen LogP contribution < -0.4 is 0 Å². The van der Waals surface area contributed by atoms with Crippen LogP contribution in [0.4, 0.5) is 0 Å². The fraction of sp³-hybridized carbons (Fsp3) is 0.417. The summed E-state index contributed by atoms with van der Waals surface area (Å²) in [6.07, 6.45) is 0.317. The second-order valence-corrected chi connectivity index (χ2v) is 4.10. The van der Waals surface area contributed by atoms with Crippen LogP contribution in [0.2, 0.25) is 0 Å². The molecule has 0 aliphatic heterocycles. The van der Waals surface area contributed by atoms with Crippen LogP contribution in [0.3, 0.4) is 0 Å². The molecule has 1 unspecified atom stereocenters. The van der Waals surface area contributed by atoms with E-state index < -0.39 is 12.1 Å². The van der Waals surface area contributed by atoms with Crippen molar-refractivity contribution < 1.29 is 15.0 Å². The monoisotopic (exact) mass is 242 g/mol. The van der Waals surface area contributed by atoms with E-state index in [2.05, 4.69) is 0 Å². The van der Waals surface area contributed by atoms with Crippen molar-refractivity contribution >= 4 is 17.6 Å². The Morgan fingerprint density at radius 3 is 2.69 bits per heavy atom. The van der Waals surface area contributed by atoms with Gasteiger partial charge in [0.05, 0.1) is 0 Å². The van der Waals surface area contributed by atoms with Crippen molar-refractivity contribution in [1.82, 2.24) is 0 Å². The maximum atomic E-state index is 10.6. The minimum absolute atomic E-state index is 0.446. The van der Waals surface area contributed by atoms with Crippen molar-refractivity contribution in [3.8, 4) is 0 Å². The number of benzene rings is 1. The Bertz CT molecular complexity index is 377. The Balaban J connectivity index is 2.87. The third-order valence-electron chi connectivity index (χ3n) is 2.46. The predicted octanol–water partition coefficient (Wildman–Crippen LogP) is 2.28. The first kappa shape index (κ1) is 13.0. The van der Waals surface area contributed by atoms with E-state index in [4.69, 9.17) is 16.7 Å². The third-order valence-corrected chi connectivity index (χ3v) is 2.73.